The van der Waals surface area contributed by atoms with Gasteiger partial charge in [-0.25, -0.2) is 0 Å². The first-order valence-electron chi connectivity index (χ1n) is 7.90. The van der Waals surface area contributed by atoms with Crippen LogP contribution in [0.1, 0.15) is 24.0 Å². The van der Waals surface area contributed by atoms with Crippen LogP contribution in [0.15, 0.2) is 36.4 Å². The second-order valence-corrected chi connectivity index (χ2v) is 6.42. The number of benzene rings is 2. The maximum atomic E-state index is 9.76. The molecule has 1 unspecified atom stereocenters. The van der Waals surface area contributed by atoms with E-state index in [-0.39, 0.29) is 17.6 Å². The van der Waals surface area contributed by atoms with Crippen LogP contribution in [0.5, 0.6) is 23.0 Å². The smallest absolute Gasteiger partial charge is 0.131 e. The van der Waals surface area contributed by atoms with Crippen LogP contribution in [0.2, 0.25) is 0 Å². The summed E-state index contributed by atoms with van der Waals surface area (Å²) in [5.74, 6) is 2.36. The van der Waals surface area contributed by atoms with Gasteiger partial charge in [0.2, 0.25) is 0 Å². The van der Waals surface area contributed by atoms with Crippen molar-refractivity contribution < 1.29 is 19.7 Å². The molecule has 0 amide bonds. The highest BCUT2D eigenvalue weighted by Crippen LogP contribution is 2.52. The Labute approximate surface area is 133 Å². The molecule has 2 heterocycles. The molecular formula is C19H16O4. The zero-order chi connectivity index (χ0) is 15.6. The number of hydrogen-bond donors (Lipinski definition) is 2. The summed E-state index contributed by atoms with van der Waals surface area (Å²) in [6.45, 7) is 0.455. The van der Waals surface area contributed by atoms with Crippen LogP contribution in [0, 0.1) is 5.92 Å². The third kappa shape index (κ3) is 1.91. The first kappa shape index (κ1) is 12.9. The molecule has 2 aromatic rings. The number of phenols is 2. The van der Waals surface area contributed by atoms with Crippen molar-refractivity contribution >= 4 is 11.1 Å². The Morgan fingerprint density at radius 3 is 2.30 bits per heavy atom. The fourth-order valence-corrected chi connectivity index (χ4v) is 3.58. The van der Waals surface area contributed by atoms with Crippen molar-refractivity contribution in [3.8, 4) is 23.0 Å². The highest BCUT2D eigenvalue weighted by Gasteiger charge is 2.42. The Kier molecular flexibility index (Phi) is 2.49. The fraction of sp³-hybridized carbons (Fsp3) is 0.263. The average molecular weight is 308 g/mol. The molecule has 2 N–H and O–H groups in total. The van der Waals surface area contributed by atoms with Crippen molar-refractivity contribution in [2.75, 3.05) is 6.61 Å². The van der Waals surface area contributed by atoms with E-state index >= 15 is 0 Å². The van der Waals surface area contributed by atoms with Gasteiger partial charge in [0, 0.05) is 40.3 Å². The van der Waals surface area contributed by atoms with Crippen molar-refractivity contribution in [3.63, 3.8) is 0 Å². The fourth-order valence-electron chi connectivity index (χ4n) is 3.58. The summed E-state index contributed by atoms with van der Waals surface area (Å²) < 4.78 is 12.1. The number of hydrogen-bond acceptors (Lipinski definition) is 4. The number of ether oxygens (including phenoxy) is 2. The summed E-state index contributed by atoms with van der Waals surface area (Å²) >= 11 is 0. The molecule has 0 radical (unpaired) electrons. The van der Waals surface area contributed by atoms with E-state index in [2.05, 4.69) is 0 Å². The lowest BCUT2D eigenvalue weighted by atomic mass is 9.85. The maximum Gasteiger partial charge on any atom is 0.131 e. The van der Waals surface area contributed by atoms with Gasteiger partial charge < -0.3 is 19.7 Å². The van der Waals surface area contributed by atoms with E-state index in [0.717, 1.165) is 35.3 Å². The molecule has 2 aliphatic heterocycles. The van der Waals surface area contributed by atoms with Crippen LogP contribution in [-0.4, -0.2) is 22.9 Å². The quantitative estimate of drug-likeness (QED) is 0.845. The normalized spacial score (nSPS) is 21.7. The lowest BCUT2D eigenvalue weighted by molar-refractivity contribution is 0.225. The van der Waals surface area contributed by atoms with Crippen LogP contribution in [0.25, 0.3) is 11.1 Å². The van der Waals surface area contributed by atoms with Crippen molar-refractivity contribution in [1.82, 2.24) is 0 Å². The van der Waals surface area contributed by atoms with Gasteiger partial charge in [-0.1, -0.05) is 0 Å². The first-order chi connectivity index (χ1) is 11.2. The molecule has 1 aliphatic carbocycles. The number of aromatic hydroxyl groups is 2. The summed E-state index contributed by atoms with van der Waals surface area (Å²) in [5.41, 5.74) is 4.28. The van der Waals surface area contributed by atoms with Crippen LogP contribution in [0.4, 0.5) is 0 Å². The Bertz CT molecular complexity index is 848. The summed E-state index contributed by atoms with van der Waals surface area (Å²) in [4.78, 5) is 0. The lowest BCUT2D eigenvalue weighted by Crippen LogP contribution is -2.29. The van der Waals surface area contributed by atoms with Crippen molar-refractivity contribution in [2.45, 2.75) is 18.9 Å². The minimum atomic E-state index is -0.00788. The minimum Gasteiger partial charge on any atom is -0.508 e. The van der Waals surface area contributed by atoms with Crippen LogP contribution < -0.4 is 9.47 Å². The molecule has 0 bridgehead atoms. The zero-order valence-electron chi connectivity index (χ0n) is 12.5. The van der Waals surface area contributed by atoms with E-state index < -0.39 is 0 Å². The molecule has 23 heavy (non-hydrogen) atoms. The monoisotopic (exact) mass is 308 g/mol. The molecule has 116 valence electrons. The van der Waals surface area contributed by atoms with E-state index in [1.54, 1.807) is 24.3 Å². The molecule has 1 saturated carbocycles. The molecule has 2 aromatic carbocycles. The van der Waals surface area contributed by atoms with Crippen LogP contribution in [0.3, 0.4) is 0 Å². The molecule has 1 fully saturated rings. The average Bonchev–Trinajstić information content (AvgIpc) is 3.37. The van der Waals surface area contributed by atoms with Gasteiger partial charge in [0.15, 0.2) is 0 Å². The molecule has 4 heteroatoms. The molecule has 3 aliphatic rings. The molecule has 0 spiro atoms. The Hall–Kier alpha value is -2.62. The van der Waals surface area contributed by atoms with Gasteiger partial charge in [-0.15, -0.1) is 0 Å². The molecule has 1 atom stereocenters. The lowest BCUT2D eigenvalue weighted by Gasteiger charge is -2.35. The van der Waals surface area contributed by atoms with Gasteiger partial charge in [0.1, 0.15) is 35.7 Å². The van der Waals surface area contributed by atoms with Gasteiger partial charge in [-0.05, 0) is 37.1 Å². The molecular weight excluding hydrogens is 292 g/mol. The van der Waals surface area contributed by atoms with E-state index in [1.165, 1.54) is 5.57 Å². The standard InChI is InChI=1S/C19H16O4/c20-11-4-6-14-16(7-11)22-9-15-13-5-3-12(21)8-17(13)23-19(18(14)15)10-1-2-10/h3-8,10,19-21H,1-2,9H2. The van der Waals surface area contributed by atoms with Crippen molar-refractivity contribution in [2.24, 2.45) is 5.92 Å². The first-order valence-corrected chi connectivity index (χ1v) is 7.90. The summed E-state index contributed by atoms with van der Waals surface area (Å²) in [6, 6.07) is 10.5. The Balaban J connectivity index is 1.75. The highest BCUT2D eigenvalue weighted by molar-refractivity contribution is 5.99. The van der Waals surface area contributed by atoms with E-state index in [4.69, 9.17) is 9.47 Å². The van der Waals surface area contributed by atoms with E-state index in [0.29, 0.717) is 18.3 Å². The van der Waals surface area contributed by atoms with Gasteiger partial charge in [0.25, 0.3) is 0 Å². The van der Waals surface area contributed by atoms with Gasteiger partial charge in [0.05, 0.1) is 0 Å². The topological polar surface area (TPSA) is 58.9 Å². The van der Waals surface area contributed by atoms with Gasteiger partial charge in [-0.3, -0.25) is 0 Å². The predicted octanol–water partition coefficient (Wildman–Crippen LogP) is 3.57. The SMILES string of the molecule is Oc1ccc2c(c1)OC(C1CC1)C1=C2COc2cc(O)ccc21. The molecule has 0 aromatic heterocycles. The third-order valence-electron chi connectivity index (χ3n) is 4.83. The zero-order valence-corrected chi connectivity index (χ0v) is 12.5. The summed E-state index contributed by atoms with van der Waals surface area (Å²) in [7, 11) is 0. The number of rotatable bonds is 1. The number of fused-ring (bicyclic) bond motifs is 4. The molecule has 4 nitrogen and oxygen atoms in total. The Morgan fingerprint density at radius 1 is 0.870 bits per heavy atom. The number of phenolic OH excluding ortho intramolecular Hbond substituents is 2. The van der Waals surface area contributed by atoms with Gasteiger partial charge >= 0.3 is 0 Å². The second kappa shape index (κ2) is 4.44. The van der Waals surface area contributed by atoms with Crippen molar-refractivity contribution in [1.29, 1.82) is 0 Å². The predicted molar refractivity (Wildman–Crippen MR) is 85.7 cm³/mol. The third-order valence-corrected chi connectivity index (χ3v) is 4.83. The van der Waals surface area contributed by atoms with Crippen LogP contribution >= 0.6 is 0 Å². The summed E-state index contributed by atoms with van der Waals surface area (Å²) in [5, 5.41) is 19.5. The maximum absolute atomic E-state index is 9.76. The van der Waals surface area contributed by atoms with E-state index in [1.807, 2.05) is 12.1 Å². The molecule has 0 saturated heterocycles. The molecule has 5 rings (SSSR count). The largest absolute Gasteiger partial charge is 0.508 e. The van der Waals surface area contributed by atoms with Gasteiger partial charge in [-0.2, -0.15) is 0 Å². The minimum absolute atomic E-state index is 0.00788. The second-order valence-electron chi connectivity index (χ2n) is 6.42. The highest BCUT2D eigenvalue weighted by atomic mass is 16.5. The summed E-state index contributed by atoms with van der Waals surface area (Å²) in [6.07, 6.45) is 2.31. The van der Waals surface area contributed by atoms with Crippen LogP contribution in [-0.2, 0) is 0 Å². The Morgan fingerprint density at radius 2 is 1.57 bits per heavy atom. The van der Waals surface area contributed by atoms with E-state index in [9.17, 15) is 10.2 Å². The van der Waals surface area contributed by atoms with Crippen molar-refractivity contribution in [3.05, 3.63) is 47.5 Å².